The summed E-state index contributed by atoms with van der Waals surface area (Å²) in [6.45, 7) is 5.53. The minimum absolute atomic E-state index is 0.143. The van der Waals surface area contributed by atoms with Crippen molar-refractivity contribution in [2.75, 3.05) is 19.9 Å². The van der Waals surface area contributed by atoms with E-state index in [4.69, 9.17) is 14.6 Å². The van der Waals surface area contributed by atoms with E-state index in [1.54, 1.807) is 0 Å². The van der Waals surface area contributed by atoms with Gasteiger partial charge in [0.1, 0.15) is 0 Å². The highest BCUT2D eigenvalue weighted by Gasteiger charge is 2.22. The molecule has 4 heteroatoms. The predicted octanol–water partition coefficient (Wildman–Crippen LogP) is 1.62. The molecule has 0 saturated carbocycles. The number of aliphatic hydroxyl groups excluding tert-OH is 1. The minimum Gasteiger partial charge on any atom is -0.454 e. The summed E-state index contributed by atoms with van der Waals surface area (Å²) in [6, 6.07) is 5.99. The Bertz CT molecular complexity index is 390. The van der Waals surface area contributed by atoms with Crippen molar-refractivity contribution in [1.82, 2.24) is 5.32 Å². The van der Waals surface area contributed by atoms with Gasteiger partial charge in [0.2, 0.25) is 6.79 Å². The normalized spacial score (nSPS) is 14.1. The van der Waals surface area contributed by atoms with Gasteiger partial charge in [-0.15, -0.1) is 0 Å². The molecule has 0 amide bonds. The van der Waals surface area contributed by atoms with Crippen molar-refractivity contribution in [2.24, 2.45) is 0 Å². The Hall–Kier alpha value is -1.26. The van der Waals surface area contributed by atoms with Crippen LogP contribution in [0.5, 0.6) is 11.5 Å². The van der Waals surface area contributed by atoms with Gasteiger partial charge in [0, 0.05) is 12.1 Å². The van der Waals surface area contributed by atoms with Crippen LogP contribution in [0.4, 0.5) is 0 Å². The topological polar surface area (TPSA) is 50.7 Å². The third-order valence-electron chi connectivity index (χ3n) is 3.00. The molecule has 0 spiro atoms. The van der Waals surface area contributed by atoms with E-state index >= 15 is 0 Å². The van der Waals surface area contributed by atoms with E-state index in [9.17, 15) is 0 Å². The van der Waals surface area contributed by atoms with Crippen molar-refractivity contribution in [1.29, 1.82) is 0 Å². The van der Waals surface area contributed by atoms with Gasteiger partial charge in [0.15, 0.2) is 11.5 Å². The standard InChI is InChI=1S/C13H19NO3/c1-13(2,14-6-3-7-15)10-4-5-11-12(8-10)17-9-16-11/h4-5,8,14-15H,3,6-7,9H2,1-2H3. The lowest BCUT2D eigenvalue weighted by atomic mass is 9.94. The molecule has 1 heterocycles. The molecule has 2 rings (SSSR count). The summed E-state index contributed by atoms with van der Waals surface area (Å²) >= 11 is 0. The highest BCUT2D eigenvalue weighted by Crippen LogP contribution is 2.35. The average molecular weight is 237 g/mol. The van der Waals surface area contributed by atoms with Crippen molar-refractivity contribution in [3.05, 3.63) is 23.8 Å². The molecule has 2 N–H and O–H groups in total. The third-order valence-corrected chi connectivity index (χ3v) is 3.00. The Balaban J connectivity index is 2.10. The van der Waals surface area contributed by atoms with E-state index in [1.165, 1.54) is 0 Å². The fraction of sp³-hybridized carbons (Fsp3) is 0.538. The van der Waals surface area contributed by atoms with Gasteiger partial charge in [-0.2, -0.15) is 0 Å². The predicted molar refractivity (Wildman–Crippen MR) is 65.3 cm³/mol. The third kappa shape index (κ3) is 2.70. The van der Waals surface area contributed by atoms with E-state index in [1.807, 2.05) is 18.2 Å². The summed E-state index contributed by atoms with van der Waals surface area (Å²) in [6.07, 6.45) is 0.758. The second-order valence-corrected chi connectivity index (χ2v) is 4.70. The van der Waals surface area contributed by atoms with Crippen LogP contribution in [0.2, 0.25) is 0 Å². The number of aliphatic hydroxyl groups is 1. The first kappa shape index (κ1) is 12.2. The molecule has 0 aromatic heterocycles. The van der Waals surface area contributed by atoms with Gasteiger partial charge in [-0.3, -0.25) is 0 Å². The zero-order valence-electron chi connectivity index (χ0n) is 10.3. The minimum atomic E-state index is -0.143. The zero-order valence-corrected chi connectivity index (χ0v) is 10.3. The van der Waals surface area contributed by atoms with E-state index in [0.29, 0.717) is 6.79 Å². The lowest BCUT2D eigenvalue weighted by Crippen LogP contribution is -2.37. The van der Waals surface area contributed by atoms with Crippen LogP contribution in [-0.2, 0) is 5.54 Å². The highest BCUT2D eigenvalue weighted by atomic mass is 16.7. The number of hydrogen-bond donors (Lipinski definition) is 2. The van der Waals surface area contributed by atoms with Gasteiger partial charge in [0.25, 0.3) is 0 Å². The van der Waals surface area contributed by atoms with Gasteiger partial charge >= 0.3 is 0 Å². The first-order chi connectivity index (χ1) is 8.13. The molecule has 17 heavy (non-hydrogen) atoms. The lowest BCUT2D eigenvalue weighted by Gasteiger charge is -2.27. The Labute approximate surface area is 102 Å². The molecule has 1 aliphatic heterocycles. The Morgan fingerprint density at radius 3 is 2.82 bits per heavy atom. The van der Waals surface area contributed by atoms with Crippen LogP contribution in [0.1, 0.15) is 25.8 Å². The van der Waals surface area contributed by atoms with Crippen molar-refractivity contribution < 1.29 is 14.6 Å². The van der Waals surface area contributed by atoms with Crippen LogP contribution in [0.3, 0.4) is 0 Å². The van der Waals surface area contributed by atoms with Crippen LogP contribution < -0.4 is 14.8 Å². The number of hydrogen-bond acceptors (Lipinski definition) is 4. The number of fused-ring (bicyclic) bond motifs is 1. The van der Waals surface area contributed by atoms with E-state index in [0.717, 1.165) is 30.0 Å². The zero-order chi connectivity index (χ0) is 12.3. The second-order valence-electron chi connectivity index (χ2n) is 4.70. The summed E-state index contributed by atoms with van der Waals surface area (Å²) in [5.74, 6) is 1.61. The largest absolute Gasteiger partial charge is 0.454 e. The van der Waals surface area contributed by atoms with Crippen molar-refractivity contribution >= 4 is 0 Å². The molecule has 1 aliphatic rings. The SMILES string of the molecule is CC(C)(NCCCO)c1ccc2c(c1)OCO2. The molecule has 0 fully saturated rings. The van der Waals surface area contributed by atoms with Crippen molar-refractivity contribution in [3.8, 4) is 11.5 Å². The fourth-order valence-corrected chi connectivity index (χ4v) is 1.87. The van der Waals surface area contributed by atoms with Gasteiger partial charge in [-0.25, -0.2) is 0 Å². The van der Waals surface area contributed by atoms with E-state index in [2.05, 4.69) is 19.2 Å². The molecule has 0 atom stereocenters. The van der Waals surface area contributed by atoms with Crippen LogP contribution in [0.15, 0.2) is 18.2 Å². The van der Waals surface area contributed by atoms with E-state index in [-0.39, 0.29) is 12.1 Å². The molecular formula is C13H19NO3. The second kappa shape index (κ2) is 4.94. The van der Waals surface area contributed by atoms with Crippen LogP contribution in [-0.4, -0.2) is 25.1 Å². The smallest absolute Gasteiger partial charge is 0.231 e. The van der Waals surface area contributed by atoms with Crippen LogP contribution >= 0.6 is 0 Å². The van der Waals surface area contributed by atoms with Crippen molar-refractivity contribution in [3.63, 3.8) is 0 Å². The molecule has 1 aromatic rings. The number of benzene rings is 1. The van der Waals surface area contributed by atoms with Crippen molar-refractivity contribution in [2.45, 2.75) is 25.8 Å². The Morgan fingerprint density at radius 1 is 1.29 bits per heavy atom. The van der Waals surface area contributed by atoms with Gasteiger partial charge in [-0.05, 0) is 44.5 Å². The maximum Gasteiger partial charge on any atom is 0.231 e. The number of nitrogens with one attached hydrogen (secondary N) is 1. The lowest BCUT2D eigenvalue weighted by molar-refractivity contribution is 0.174. The van der Waals surface area contributed by atoms with Gasteiger partial charge in [0.05, 0.1) is 0 Å². The summed E-state index contributed by atoms with van der Waals surface area (Å²) in [5, 5.41) is 12.2. The number of ether oxygens (including phenoxy) is 2. The van der Waals surface area contributed by atoms with Gasteiger partial charge in [-0.1, -0.05) is 6.07 Å². The van der Waals surface area contributed by atoms with Crippen LogP contribution in [0, 0.1) is 0 Å². The monoisotopic (exact) mass is 237 g/mol. The summed E-state index contributed by atoms with van der Waals surface area (Å²) in [4.78, 5) is 0. The quantitative estimate of drug-likeness (QED) is 0.764. The highest BCUT2D eigenvalue weighted by molar-refractivity contribution is 5.46. The maximum absolute atomic E-state index is 8.78. The van der Waals surface area contributed by atoms with Crippen LogP contribution in [0.25, 0.3) is 0 Å². The molecule has 0 saturated heterocycles. The summed E-state index contributed by atoms with van der Waals surface area (Å²) < 4.78 is 10.7. The average Bonchev–Trinajstić information content (AvgIpc) is 2.76. The molecule has 0 unspecified atom stereocenters. The summed E-state index contributed by atoms with van der Waals surface area (Å²) in [5.41, 5.74) is 1.01. The molecule has 94 valence electrons. The molecular weight excluding hydrogens is 218 g/mol. The Morgan fingerprint density at radius 2 is 2.06 bits per heavy atom. The number of rotatable bonds is 5. The van der Waals surface area contributed by atoms with E-state index < -0.39 is 0 Å². The van der Waals surface area contributed by atoms with Gasteiger partial charge < -0.3 is 19.9 Å². The maximum atomic E-state index is 8.78. The Kier molecular flexibility index (Phi) is 3.54. The first-order valence-electron chi connectivity index (χ1n) is 5.89. The molecule has 0 bridgehead atoms. The molecule has 0 radical (unpaired) electrons. The molecule has 0 aliphatic carbocycles. The molecule has 4 nitrogen and oxygen atoms in total. The molecule has 1 aromatic carbocycles. The fourth-order valence-electron chi connectivity index (χ4n) is 1.87. The summed E-state index contributed by atoms with van der Waals surface area (Å²) in [7, 11) is 0. The first-order valence-corrected chi connectivity index (χ1v) is 5.89.